The Morgan fingerprint density at radius 3 is 2.41 bits per heavy atom. The number of hydrogen-bond donors (Lipinski definition) is 1. The van der Waals surface area contributed by atoms with Crippen molar-refractivity contribution < 1.29 is 23.7 Å². The average Bonchev–Trinajstić information content (AvgIpc) is 2.71. The minimum absolute atomic E-state index is 0.0914. The van der Waals surface area contributed by atoms with E-state index in [1.807, 2.05) is 24.3 Å². The molecule has 0 aromatic heterocycles. The highest BCUT2D eigenvalue weighted by Crippen LogP contribution is 2.38. The van der Waals surface area contributed by atoms with Crippen molar-refractivity contribution in [3.8, 4) is 23.0 Å². The maximum atomic E-state index is 12.8. The largest absolute Gasteiger partial charge is 0.486 e. The predicted octanol–water partition coefficient (Wildman–Crippen LogP) is 3.94. The summed E-state index contributed by atoms with van der Waals surface area (Å²) in [5, 5.41) is 3.59. The molecule has 1 amide bonds. The number of benzene rings is 2. The van der Waals surface area contributed by atoms with Crippen molar-refractivity contribution in [2.24, 2.45) is 5.92 Å². The van der Waals surface area contributed by atoms with E-state index in [2.05, 4.69) is 19.2 Å². The summed E-state index contributed by atoms with van der Waals surface area (Å²) >= 11 is 6.29. The molecule has 0 radical (unpaired) electrons. The topological polar surface area (TPSA) is 66.0 Å². The molecule has 1 unspecified atom stereocenters. The SMILES string of the molecule is CC(C)C(NC(=O)Cc1cc(Cl)c2c(c1)OCCO2)c1ccc2c(c1)OCCO2. The molecular weight excluding hydrogens is 394 g/mol. The molecule has 29 heavy (non-hydrogen) atoms. The van der Waals surface area contributed by atoms with Gasteiger partial charge in [0.25, 0.3) is 0 Å². The predicted molar refractivity (Wildman–Crippen MR) is 109 cm³/mol. The number of carbonyl (C=O) groups excluding carboxylic acids is 1. The van der Waals surface area contributed by atoms with Crippen molar-refractivity contribution in [3.63, 3.8) is 0 Å². The summed E-state index contributed by atoms with van der Waals surface area (Å²) in [4.78, 5) is 12.8. The molecule has 154 valence electrons. The normalized spacial score (nSPS) is 15.7. The zero-order chi connectivity index (χ0) is 20.4. The van der Waals surface area contributed by atoms with Crippen LogP contribution in [-0.4, -0.2) is 32.3 Å². The molecule has 0 aliphatic carbocycles. The average molecular weight is 418 g/mol. The second-order valence-electron chi connectivity index (χ2n) is 7.47. The van der Waals surface area contributed by atoms with E-state index < -0.39 is 0 Å². The summed E-state index contributed by atoms with van der Waals surface area (Å²) in [5.74, 6) is 2.68. The number of hydrogen-bond acceptors (Lipinski definition) is 5. The van der Waals surface area contributed by atoms with Gasteiger partial charge in [0.2, 0.25) is 5.91 Å². The monoisotopic (exact) mass is 417 g/mol. The first-order valence-electron chi connectivity index (χ1n) is 9.78. The molecule has 0 saturated carbocycles. The molecular formula is C22H24ClNO5. The Bertz CT molecular complexity index is 914. The summed E-state index contributed by atoms with van der Waals surface area (Å²) in [5.41, 5.74) is 1.76. The summed E-state index contributed by atoms with van der Waals surface area (Å²) in [6, 6.07) is 9.23. The Morgan fingerprint density at radius 1 is 0.966 bits per heavy atom. The number of ether oxygens (including phenoxy) is 4. The van der Waals surface area contributed by atoms with E-state index in [0.29, 0.717) is 48.7 Å². The van der Waals surface area contributed by atoms with E-state index in [1.54, 1.807) is 6.07 Å². The number of amides is 1. The highest BCUT2D eigenvalue weighted by molar-refractivity contribution is 6.32. The molecule has 2 aromatic carbocycles. The molecule has 7 heteroatoms. The smallest absolute Gasteiger partial charge is 0.224 e. The number of rotatable bonds is 5. The minimum atomic E-state index is -0.147. The van der Waals surface area contributed by atoms with Crippen LogP contribution in [0.15, 0.2) is 30.3 Å². The Labute approximate surface area is 175 Å². The highest BCUT2D eigenvalue weighted by Gasteiger charge is 2.23. The third-order valence-electron chi connectivity index (χ3n) is 4.93. The number of halogens is 1. The fourth-order valence-corrected chi connectivity index (χ4v) is 3.85. The van der Waals surface area contributed by atoms with Crippen molar-refractivity contribution in [1.82, 2.24) is 5.32 Å². The van der Waals surface area contributed by atoms with E-state index in [1.165, 1.54) is 0 Å². The van der Waals surface area contributed by atoms with Crippen LogP contribution in [0.4, 0.5) is 0 Å². The van der Waals surface area contributed by atoms with Crippen molar-refractivity contribution >= 4 is 17.5 Å². The summed E-state index contributed by atoms with van der Waals surface area (Å²) < 4.78 is 22.4. The van der Waals surface area contributed by atoms with Crippen molar-refractivity contribution in [1.29, 1.82) is 0 Å². The molecule has 2 aliphatic rings. The number of fused-ring (bicyclic) bond motifs is 2. The first-order valence-corrected chi connectivity index (χ1v) is 10.2. The molecule has 1 atom stereocenters. The summed E-state index contributed by atoms with van der Waals surface area (Å²) in [7, 11) is 0. The van der Waals surface area contributed by atoms with Gasteiger partial charge in [0.05, 0.1) is 17.5 Å². The Hall–Kier alpha value is -2.60. The van der Waals surface area contributed by atoms with Gasteiger partial charge in [-0.05, 0) is 41.3 Å². The third-order valence-corrected chi connectivity index (χ3v) is 5.21. The van der Waals surface area contributed by atoms with Crippen molar-refractivity contribution in [2.75, 3.05) is 26.4 Å². The fourth-order valence-electron chi connectivity index (χ4n) is 3.56. The molecule has 2 aliphatic heterocycles. The lowest BCUT2D eigenvalue weighted by molar-refractivity contribution is -0.121. The molecule has 0 spiro atoms. The van der Waals surface area contributed by atoms with Crippen molar-refractivity contribution in [3.05, 3.63) is 46.5 Å². The molecule has 1 N–H and O–H groups in total. The van der Waals surface area contributed by atoms with E-state index in [-0.39, 0.29) is 24.3 Å². The van der Waals surface area contributed by atoms with Crippen LogP contribution in [0.2, 0.25) is 5.02 Å². The van der Waals surface area contributed by atoms with Crippen LogP contribution < -0.4 is 24.3 Å². The van der Waals surface area contributed by atoms with Crippen LogP contribution in [0.5, 0.6) is 23.0 Å². The quantitative estimate of drug-likeness (QED) is 0.798. The Morgan fingerprint density at radius 2 is 1.66 bits per heavy atom. The molecule has 2 aromatic rings. The molecule has 0 saturated heterocycles. The van der Waals surface area contributed by atoms with Crippen molar-refractivity contribution in [2.45, 2.75) is 26.3 Å². The first kappa shape index (κ1) is 19.7. The molecule has 2 heterocycles. The lowest BCUT2D eigenvalue weighted by Gasteiger charge is -2.25. The maximum Gasteiger partial charge on any atom is 0.224 e. The van der Waals surface area contributed by atoms with Crippen LogP contribution in [0.3, 0.4) is 0 Å². The van der Waals surface area contributed by atoms with E-state index >= 15 is 0 Å². The van der Waals surface area contributed by atoms with E-state index in [9.17, 15) is 4.79 Å². The Balaban J connectivity index is 1.49. The zero-order valence-electron chi connectivity index (χ0n) is 16.5. The molecule has 6 nitrogen and oxygen atoms in total. The van der Waals surface area contributed by atoms with Gasteiger partial charge in [-0.3, -0.25) is 4.79 Å². The van der Waals surface area contributed by atoms with E-state index in [0.717, 1.165) is 16.9 Å². The van der Waals surface area contributed by atoms with Crippen LogP contribution in [0, 0.1) is 5.92 Å². The molecule has 0 fully saturated rings. The number of carbonyl (C=O) groups is 1. The van der Waals surface area contributed by atoms with Crippen LogP contribution >= 0.6 is 11.6 Å². The van der Waals surface area contributed by atoms with Crippen LogP contribution in [0.25, 0.3) is 0 Å². The van der Waals surface area contributed by atoms with Gasteiger partial charge in [0.15, 0.2) is 23.0 Å². The standard InChI is InChI=1S/C22H24ClNO5/c1-13(2)21(15-3-4-17-18(12-15)27-6-5-26-17)24-20(25)11-14-9-16(23)22-19(10-14)28-7-8-29-22/h3-4,9-10,12-13,21H,5-8,11H2,1-2H3,(H,24,25). The summed E-state index contributed by atoms with van der Waals surface area (Å²) in [6.07, 6.45) is 0.199. The van der Waals surface area contributed by atoms with Crippen LogP contribution in [-0.2, 0) is 11.2 Å². The third kappa shape index (κ3) is 4.37. The van der Waals surface area contributed by atoms with Gasteiger partial charge in [-0.2, -0.15) is 0 Å². The lowest BCUT2D eigenvalue weighted by atomic mass is 9.95. The summed E-state index contributed by atoms with van der Waals surface area (Å²) in [6.45, 7) is 6.16. The number of nitrogens with one attached hydrogen (secondary N) is 1. The van der Waals surface area contributed by atoms with E-state index in [4.69, 9.17) is 30.5 Å². The second kappa shape index (κ2) is 8.41. The molecule has 0 bridgehead atoms. The fraction of sp³-hybridized carbons (Fsp3) is 0.409. The van der Waals surface area contributed by atoms with Gasteiger partial charge >= 0.3 is 0 Å². The zero-order valence-corrected chi connectivity index (χ0v) is 17.3. The second-order valence-corrected chi connectivity index (χ2v) is 7.88. The van der Waals surface area contributed by atoms with Gasteiger partial charge in [-0.15, -0.1) is 0 Å². The van der Waals surface area contributed by atoms with Gasteiger partial charge in [0.1, 0.15) is 26.4 Å². The maximum absolute atomic E-state index is 12.8. The van der Waals surface area contributed by atoms with Gasteiger partial charge in [0, 0.05) is 0 Å². The van der Waals surface area contributed by atoms with Crippen LogP contribution in [0.1, 0.15) is 31.0 Å². The van der Waals surface area contributed by atoms with Gasteiger partial charge in [-0.1, -0.05) is 31.5 Å². The minimum Gasteiger partial charge on any atom is -0.486 e. The highest BCUT2D eigenvalue weighted by atomic mass is 35.5. The molecule has 4 rings (SSSR count). The van der Waals surface area contributed by atoms with Gasteiger partial charge in [-0.25, -0.2) is 0 Å². The van der Waals surface area contributed by atoms with Gasteiger partial charge < -0.3 is 24.3 Å². The Kier molecular flexibility index (Phi) is 5.72. The lowest BCUT2D eigenvalue weighted by Crippen LogP contribution is -2.33. The first-order chi connectivity index (χ1) is 14.0.